The summed E-state index contributed by atoms with van der Waals surface area (Å²) in [5, 5.41) is 8.55. The Hall–Kier alpha value is -0.570. The topological polar surface area (TPSA) is 46.5 Å². The van der Waals surface area contributed by atoms with Crippen LogP contribution in [-0.4, -0.2) is 24.3 Å². The van der Waals surface area contributed by atoms with Gasteiger partial charge in [-0.25, -0.2) is 0 Å². The molecule has 0 fully saturated rings. The van der Waals surface area contributed by atoms with Crippen LogP contribution in [0.3, 0.4) is 0 Å². The number of aliphatic hydroxyl groups is 1. The van der Waals surface area contributed by atoms with Crippen LogP contribution in [0.1, 0.15) is 71.1 Å². The van der Waals surface area contributed by atoms with E-state index < -0.39 is 0 Å². The molecule has 0 atom stereocenters. The third-order valence-electron chi connectivity index (χ3n) is 2.80. The van der Waals surface area contributed by atoms with Crippen LogP contribution in [0.25, 0.3) is 0 Å². The lowest BCUT2D eigenvalue weighted by Crippen LogP contribution is -2.06. The largest absolute Gasteiger partial charge is 0.466 e. The molecule has 0 bridgehead atoms. The minimum absolute atomic E-state index is 0.0866. The van der Waals surface area contributed by atoms with Gasteiger partial charge in [-0.1, -0.05) is 45.4 Å². The first-order valence-electron chi connectivity index (χ1n) is 7.07. The van der Waals surface area contributed by atoms with Crippen LogP contribution >= 0.6 is 0 Å². The molecule has 17 heavy (non-hydrogen) atoms. The molecule has 0 radical (unpaired) electrons. The number of hydrogen-bond donors (Lipinski definition) is 1. The van der Waals surface area contributed by atoms with E-state index in [0.29, 0.717) is 19.4 Å². The molecular weight excluding hydrogens is 216 g/mol. The first-order chi connectivity index (χ1) is 8.31. The monoisotopic (exact) mass is 244 g/mol. The molecule has 0 spiro atoms. The van der Waals surface area contributed by atoms with Crippen molar-refractivity contribution < 1.29 is 14.6 Å². The highest BCUT2D eigenvalue weighted by molar-refractivity contribution is 5.69. The molecular formula is C14H28O3. The summed E-state index contributed by atoms with van der Waals surface area (Å²) in [5.74, 6) is -0.0866. The van der Waals surface area contributed by atoms with Crippen LogP contribution < -0.4 is 0 Å². The van der Waals surface area contributed by atoms with Crippen LogP contribution in [0.4, 0.5) is 0 Å². The van der Waals surface area contributed by atoms with Crippen molar-refractivity contribution in [3.8, 4) is 0 Å². The van der Waals surface area contributed by atoms with Crippen molar-refractivity contribution in [1.29, 1.82) is 0 Å². The van der Waals surface area contributed by atoms with Gasteiger partial charge in [0.2, 0.25) is 0 Å². The highest BCUT2D eigenvalue weighted by atomic mass is 16.5. The number of ether oxygens (including phenoxy) is 1. The molecule has 3 heteroatoms. The van der Waals surface area contributed by atoms with E-state index in [1.807, 2.05) is 0 Å². The van der Waals surface area contributed by atoms with Crippen molar-refractivity contribution in [2.75, 3.05) is 13.2 Å². The third kappa shape index (κ3) is 13.4. The Balaban J connectivity index is 3.11. The van der Waals surface area contributed by atoms with Gasteiger partial charge in [-0.05, 0) is 19.3 Å². The Labute approximate surface area is 106 Å². The van der Waals surface area contributed by atoms with E-state index >= 15 is 0 Å². The van der Waals surface area contributed by atoms with Gasteiger partial charge in [-0.3, -0.25) is 4.79 Å². The molecule has 0 aliphatic carbocycles. The van der Waals surface area contributed by atoms with Crippen molar-refractivity contribution in [3.63, 3.8) is 0 Å². The molecule has 0 aliphatic rings. The van der Waals surface area contributed by atoms with E-state index in [2.05, 4.69) is 6.92 Å². The first kappa shape index (κ1) is 16.4. The quantitative estimate of drug-likeness (QED) is 0.422. The molecule has 1 N–H and O–H groups in total. The summed E-state index contributed by atoms with van der Waals surface area (Å²) in [7, 11) is 0. The SMILES string of the molecule is CCCCCCCCCC(=O)OCCCCO. The normalized spacial score (nSPS) is 10.5. The van der Waals surface area contributed by atoms with E-state index in [4.69, 9.17) is 9.84 Å². The van der Waals surface area contributed by atoms with Crippen molar-refractivity contribution in [2.24, 2.45) is 0 Å². The number of carbonyl (C=O) groups excluding carboxylic acids is 1. The van der Waals surface area contributed by atoms with Crippen molar-refractivity contribution >= 4 is 5.97 Å². The lowest BCUT2D eigenvalue weighted by Gasteiger charge is -2.04. The van der Waals surface area contributed by atoms with Gasteiger partial charge in [0.05, 0.1) is 6.61 Å². The summed E-state index contributed by atoms with van der Waals surface area (Å²) < 4.78 is 5.04. The number of hydrogen-bond acceptors (Lipinski definition) is 3. The number of carbonyl (C=O) groups is 1. The summed E-state index contributed by atoms with van der Waals surface area (Å²) in [6, 6.07) is 0. The number of unbranched alkanes of at least 4 members (excludes halogenated alkanes) is 7. The summed E-state index contributed by atoms with van der Waals surface area (Å²) in [6.07, 6.45) is 10.6. The van der Waals surface area contributed by atoms with E-state index in [9.17, 15) is 4.79 Å². The first-order valence-corrected chi connectivity index (χ1v) is 7.07. The van der Waals surface area contributed by atoms with E-state index in [-0.39, 0.29) is 12.6 Å². The van der Waals surface area contributed by atoms with Gasteiger partial charge in [-0.2, -0.15) is 0 Å². The lowest BCUT2D eigenvalue weighted by atomic mass is 10.1. The van der Waals surface area contributed by atoms with Gasteiger partial charge in [0.25, 0.3) is 0 Å². The minimum atomic E-state index is -0.0866. The fraction of sp³-hybridized carbons (Fsp3) is 0.929. The molecule has 0 rings (SSSR count). The molecule has 102 valence electrons. The van der Waals surface area contributed by atoms with Crippen LogP contribution in [0.15, 0.2) is 0 Å². The van der Waals surface area contributed by atoms with E-state index in [0.717, 1.165) is 19.3 Å². The molecule has 0 unspecified atom stereocenters. The Kier molecular flexibility index (Phi) is 13.0. The second-order valence-corrected chi connectivity index (χ2v) is 4.52. The summed E-state index contributed by atoms with van der Waals surface area (Å²) in [6.45, 7) is 2.85. The van der Waals surface area contributed by atoms with Crippen LogP contribution in [0.5, 0.6) is 0 Å². The number of aliphatic hydroxyl groups excluding tert-OH is 1. The molecule has 0 aromatic rings. The maximum Gasteiger partial charge on any atom is 0.305 e. The Morgan fingerprint density at radius 2 is 1.59 bits per heavy atom. The minimum Gasteiger partial charge on any atom is -0.466 e. The molecule has 0 amide bonds. The van der Waals surface area contributed by atoms with Gasteiger partial charge < -0.3 is 9.84 Å². The van der Waals surface area contributed by atoms with Gasteiger partial charge in [0.15, 0.2) is 0 Å². The van der Waals surface area contributed by atoms with Crippen molar-refractivity contribution in [1.82, 2.24) is 0 Å². The zero-order valence-electron chi connectivity index (χ0n) is 11.2. The van der Waals surface area contributed by atoms with Crippen LogP contribution in [0, 0.1) is 0 Å². The van der Waals surface area contributed by atoms with Crippen molar-refractivity contribution in [3.05, 3.63) is 0 Å². The number of rotatable bonds is 12. The summed E-state index contributed by atoms with van der Waals surface area (Å²) in [4.78, 5) is 11.3. The Morgan fingerprint density at radius 1 is 0.941 bits per heavy atom. The summed E-state index contributed by atoms with van der Waals surface area (Å²) in [5.41, 5.74) is 0. The molecule has 0 aromatic carbocycles. The molecule has 0 aliphatic heterocycles. The second kappa shape index (κ2) is 13.5. The average Bonchev–Trinajstić information content (AvgIpc) is 2.33. The second-order valence-electron chi connectivity index (χ2n) is 4.52. The maximum atomic E-state index is 11.3. The lowest BCUT2D eigenvalue weighted by molar-refractivity contribution is -0.143. The van der Waals surface area contributed by atoms with Gasteiger partial charge in [0, 0.05) is 13.0 Å². The highest BCUT2D eigenvalue weighted by Crippen LogP contribution is 2.08. The van der Waals surface area contributed by atoms with Gasteiger partial charge >= 0.3 is 5.97 Å². The zero-order valence-corrected chi connectivity index (χ0v) is 11.2. The fourth-order valence-electron chi connectivity index (χ4n) is 1.70. The standard InChI is InChI=1S/C14H28O3/c1-2-3-4-5-6-7-8-11-14(16)17-13-10-9-12-15/h15H,2-13H2,1H3. The molecule has 3 nitrogen and oxygen atoms in total. The molecule has 0 saturated carbocycles. The smallest absolute Gasteiger partial charge is 0.305 e. The third-order valence-corrected chi connectivity index (χ3v) is 2.80. The predicted octanol–water partition coefficient (Wildman–Crippen LogP) is 3.44. The van der Waals surface area contributed by atoms with Crippen LogP contribution in [-0.2, 0) is 9.53 Å². The Bertz CT molecular complexity index is 169. The fourth-order valence-corrected chi connectivity index (χ4v) is 1.70. The van der Waals surface area contributed by atoms with Crippen LogP contribution in [0.2, 0.25) is 0 Å². The molecule has 0 aromatic heterocycles. The van der Waals surface area contributed by atoms with Gasteiger partial charge in [0.1, 0.15) is 0 Å². The predicted molar refractivity (Wildman–Crippen MR) is 69.9 cm³/mol. The maximum absolute atomic E-state index is 11.3. The van der Waals surface area contributed by atoms with Crippen molar-refractivity contribution in [2.45, 2.75) is 71.1 Å². The number of esters is 1. The average molecular weight is 244 g/mol. The van der Waals surface area contributed by atoms with Gasteiger partial charge in [-0.15, -0.1) is 0 Å². The Morgan fingerprint density at radius 3 is 2.24 bits per heavy atom. The molecule has 0 saturated heterocycles. The summed E-state index contributed by atoms with van der Waals surface area (Å²) >= 11 is 0. The van der Waals surface area contributed by atoms with E-state index in [1.54, 1.807) is 0 Å². The molecule has 0 heterocycles. The van der Waals surface area contributed by atoms with E-state index in [1.165, 1.54) is 32.1 Å². The highest BCUT2D eigenvalue weighted by Gasteiger charge is 2.01. The zero-order chi connectivity index (χ0) is 12.8.